The molecule has 1 amide bonds. The van der Waals surface area contributed by atoms with E-state index in [-0.39, 0.29) is 5.91 Å². The zero-order valence-corrected chi connectivity index (χ0v) is 16.9. The largest absolute Gasteiger partial charge is 0.490 e. The maximum Gasteiger partial charge on any atom is 0.246 e. The SMILES string of the molecule is N#Cc1ccc(CN2CCN(C(=O)/C=C/c3ccc4c(c3)OCCCO4)CC2)cc1. The van der Waals surface area contributed by atoms with Gasteiger partial charge in [-0.05, 0) is 41.5 Å². The summed E-state index contributed by atoms with van der Waals surface area (Å²) in [4.78, 5) is 16.8. The minimum Gasteiger partial charge on any atom is -0.490 e. The highest BCUT2D eigenvalue weighted by molar-refractivity contribution is 5.92. The van der Waals surface area contributed by atoms with E-state index in [0.717, 1.165) is 43.1 Å². The number of carbonyl (C=O) groups is 1. The van der Waals surface area contributed by atoms with Crippen LogP contribution >= 0.6 is 0 Å². The molecule has 2 aliphatic heterocycles. The molecule has 6 nitrogen and oxygen atoms in total. The predicted molar refractivity (Wildman–Crippen MR) is 114 cm³/mol. The van der Waals surface area contributed by atoms with E-state index in [1.54, 1.807) is 6.08 Å². The highest BCUT2D eigenvalue weighted by Gasteiger charge is 2.19. The van der Waals surface area contributed by atoms with Gasteiger partial charge in [0.2, 0.25) is 5.91 Å². The fourth-order valence-corrected chi connectivity index (χ4v) is 3.63. The molecular weight excluding hydrogens is 378 g/mol. The molecular formula is C24H25N3O3. The van der Waals surface area contributed by atoms with Crippen LogP contribution in [0, 0.1) is 11.3 Å². The first-order valence-electron chi connectivity index (χ1n) is 10.3. The highest BCUT2D eigenvalue weighted by atomic mass is 16.5. The maximum atomic E-state index is 12.6. The number of carbonyl (C=O) groups excluding carboxylic acids is 1. The third-order valence-electron chi connectivity index (χ3n) is 5.36. The molecule has 154 valence electrons. The van der Waals surface area contributed by atoms with Crippen molar-refractivity contribution in [2.75, 3.05) is 39.4 Å². The second-order valence-corrected chi connectivity index (χ2v) is 7.50. The number of hydrogen-bond donors (Lipinski definition) is 0. The van der Waals surface area contributed by atoms with Crippen LogP contribution in [0.3, 0.4) is 0 Å². The predicted octanol–water partition coefficient (Wildman–Crippen LogP) is 3.08. The third kappa shape index (κ3) is 5.00. The fourth-order valence-electron chi connectivity index (χ4n) is 3.63. The Morgan fingerprint density at radius 1 is 1.00 bits per heavy atom. The van der Waals surface area contributed by atoms with Crippen LogP contribution in [0.25, 0.3) is 6.08 Å². The lowest BCUT2D eigenvalue weighted by molar-refractivity contribution is -0.127. The lowest BCUT2D eigenvalue weighted by Crippen LogP contribution is -2.47. The summed E-state index contributed by atoms with van der Waals surface area (Å²) in [7, 11) is 0. The Bertz CT molecular complexity index is 955. The quantitative estimate of drug-likeness (QED) is 0.734. The number of amides is 1. The van der Waals surface area contributed by atoms with Crippen LogP contribution in [0.4, 0.5) is 0 Å². The summed E-state index contributed by atoms with van der Waals surface area (Å²) in [6.45, 7) is 5.23. The number of rotatable bonds is 4. The van der Waals surface area contributed by atoms with E-state index in [1.165, 1.54) is 5.56 Å². The number of ether oxygens (including phenoxy) is 2. The molecule has 0 atom stereocenters. The van der Waals surface area contributed by atoms with E-state index in [0.29, 0.717) is 31.9 Å². The molecule has 30 heavy (non-hydrogen) atoms. The van der Waals surface area contributed by atoms with Gasteiger partial charge in [0.15, 0.2) is 11.5 Å². The topological polar surface area (TPSA) is 65.8 Å². The van der Waals surface area contributed by atoms with Gasteiger partial charge >= 0.3 is 0 Å². The van der Waals surface area contributed by atoms with E-state index in [1.807, 2.05) is 53.4 Å². The molecule has 2 aliphatic rings. The van der Waals surface area contributed by atoms with E-state index in [2.05, 4.69) is 11.0 Å². The number of benzene rings is 2. The molecule has 0 bridgehead atoms. The minimum absolute atomic E-state index is 0.0279. The average Bonchev–Trinajstić information content (AvgIpc) is 3.03. The van der Waals surface area contributed by atoms with Crippen LogP contribution in [-0.4, -0.2) is 55.1 Å². The first kappa shape index (κ1) is 20.0. The van der Waals surface area contributed by atoms with Crippen molar-refractivity contribution >= 4 is 12.0 Å². The van der Waals surface area contributed by atoms with E-state index in [4.69, 9.17) is 14.7 Å². The smallest absolute Gasteiger partial charge is 0.246 e. The van der Waals surface area contributed by atoms with Gasteiger partial charge in [-0.3, -0.25) is 9.69 Å². The molecule has 0 spiro atoms. The molecule has 1 saturated heterocycles. The van der Waals surface area contributed by atoms with Gasteiger partial charge in [0.05, 0.1) is 24.8 Å². The van der Waals surface area contributed by atoms with Crippen molar-refractivity contribution in [3.63, 3.8) is 0 Å². The molecule has 2 heterocycles. The Balaban J connectivity index is 1.29. The van der Waals surface area contributed by atoms with Gasteiger partial charge in [-0.25, -0.2) is 0 Å². The second-order valence-electron chi connectivity index (χ2n) is 7.50. The number of fused-ring (bicyclic) bond motifs is 1. The molecule has 2 aromatic carbocycles. The van der Waals surface area contributed by atoms with Crippen molar-refractivity contribution in [1.29, 1.82) is 5.26 Å². The Morgan fingerprint density at radius 2 is 1.73 bits per heavy atom. The molecule has 0 aromatic heterocycles. The summed E-state index contributed by atoms with van der Waals surface area (Å²) in [5, 5.41) is 8.90. The Labute approximate surface area is 176 Å². The Hall–Kier alpha value is -3.30. The van der Waals surface area contributed by atoms with Crippen molar-refractivity contribution in [3.8, 4) is 17.6 Å². The van der Waals surface area contributed by atoms with Gasteiger partial charge in [-0.15, -0.1) is 0 Å². The number of nitrogens with zero attached hydrogens (tertiary/aromatic N) is 3. The van der Waals surface area contributed by atoms with Gasteiger partial charge in [0.1, 0.15) is 0 Å². The first-order valence-corrected chi connectivity index (χ1v) is 10.3. The normalized spacial score (nSPS) is 16.8. The summed E-state index contributed by atoms with van der Waals surface area (Å²) >= 11 is 0. The summed E-state index contributed by atoms with van der Waals surface area (Å²) in [5.74, 6) is 1.52. The average molecular weight is 403 g/mol. The monoisotopic (exact) mass is 403 g/mol. The van der Waals surface area contributed by atoms with Gasteiger partial charge in [-0.2, -0.15) is 5.26 Å². The molecule has 1 fully saturated rings. The molecule has 0 unspecified atom stereocenters. The van der Waals surface area contributed by atoms with Gasteiger partial charge in [0.25, 0.3) is 0 Å². The van der Waals surface area contributed by atoms with Crippen molar-refractivity contribution in [3.05, 3.63) is 65.2 Å². The van der Waals surface area contributed by atoms with Crippen LogP contribution in [0.15, 0.2) is 48.5 Å². The first-order chi connectivity index (χ1) is 14.7. The van der Waals surface area contributed by atoms with E-state index in [9.17, 15) is 4.79 Å². The number of hydrogen-bond acceptors (Lipinski definition) is 5. The zero-order valence-electron chi connectivity index (χ0n) is 16.9. The van der Waals surface area contributed by atoms with Crippen molar-refractivity contribution < 1.29 is 14.3 Å². The Kier molecular flexibility index (Phi) is 6.31. The van der Waals surface area contributed by atoms with Gasteiger partial charge in [0, 0.05) is 45.2 Å². The summed E-state index contributed by atoms with van der Waals surface area (Å²) in [6, 6.07) is 15.6. The molecule has 0 N–H and O–H groups in total. The fraction of sp³-hybridized carbons (Fsp3) is 0.333. The minimum atomic E-state index is 0.0279. The molecule has 0 radical (unpaired) electrons. The number of piperazine rings is 1. The maximum absolute atomic E-state index is 12.6. The summed E-state index contributed by atoms with van der Waals surface area (Å²) < 4.78 is 11.4. The van der Waals surface area contributed by atoms with Crippen LogP contribution < -0.4 is 9.47 Å². The van der Waals surface area contributed by atoms with Crippen LogP contribution in [0.5, 0.6) is 11.5 Å². The molecule has 0 aliphatic carbocycles. The summed E-state index contributed by atoms with van der Waals surface area (Å²) in [6.07, 6.45) is 4.34. The second kappa shape index (κ2) is 9.47. The Morgan fingerprint density at radius 3 is 2.47 bits per heavy atom. The summed E-state index contributed by atoms with van der Waals surface area (Å²) in [5.41, 5.74) is 2.78. The zero-order chi connectivity index (χ0) is 20.8. The van der Waals surface area contributed by atoms with Crippen LogP contribution in [-0.2, 0) is 11.3 Å². The van der Waals surface area contributed by atoms with Crippen molar-refractivity contribution in [2.24, 2.45) is 0 Å². The van der Waals surface area contributed by atoms with Crippen molar-refractivity contribution in [1.82, 2.24) is 9.80 Å². The van der Waals surface area contributed by atoms with E-state index < -0.39 is 0 Å². The van der Waals surface area contributed by atoms with Crippen LogP contribution in [0.1, 0.15) is 23.1 Å². The van der Waals surface area contributed by atoms with Crippen molar-refractivity contribution in [2.45, 2.75) is 13.0 Å². The van der Waals surface area contributed by atoms with Crippen LogP contribution in [0.2, 0.25) is 0 Å². The lowest BCUT2D eigenvalue weighted by atomic mass is 10.1. The third-order valence-corrected chi connectivity index (χ3v) is 5.36. The highest BCUT2D eigenvalue weighted by Crippen LogP contribution is 2.30. The molecule has 4 rings (SSSR count). The van der Waals surface area contributed by atoms with Gasteiger partial charge < -0.3 is 14.4 Å². The standard InChI is InChI=1S/C24H25N3O3/c25-17-20-2-4-21(5-3-20)18-26-10-12-27(13-11-26)24(28)9-7-19-6-8-22-23(16-19)30-15-1-14-29-22/h2-9,16H,1,10-15,18H2/b9-7+. The molecule has 6 heteroatoms. The van der Waals surface area contributed by atoms with Gasteiger partial charge in [-0.1, -0.05) is 18.2 Å². The number of nitriles is 1. The van der Waals surface area contributed by atoms with E-state index >= 15 is 0 Å². The molecule has 0 saturated carbocycles. The molecule has 2 aromatic rings. The lowest BCUT2D eigenvalue weighted by Gasteiger charge is -2.34.